The third-order valence-electron chi connectivity index (χ3n) is 3.58. The van der Waals surface area contributed by atoms with Crippen LogP contribution in [-0.4, -0.2) is 55.6 Å². The van der Waals surface area contributed by atoms with Crippen LogP contribution in [-0.2, 0) is 0 Å². The van der Waals surface area contributed by atoms with Crippen LogP contribution in [0.15, 0.2) is 48.5 Å². The molecule has 1 aliphatic heterocycles. The summed E-state index contributed by atoms with van der Waals surface area (Å²) in [6, 6.07) is 11.3. The zero-order valence-corrected chi connectivity index (χ0v) is 15.0. The first kappa shape index (κ1) is 24.0. The van der Waals surface area contributed by atoms with E-state index in [4.69, 9.17) is 10.2 Å². The van der Waals surface area contributed by atoms with E-state index in [2.05, 4.69) is 11.9 Å². The van der Waals surface area contributed by atoms with Crippen molar-refractivity contribution in [2.75, 3.05) is 20.1 Å². The summed E-state index contributed by atoms with van der Waals surface area (Å²) in [7, 11) is 2.17. The minimum absolute atomic E-state index is 0. The number of carbonyl (C=O) groups is 2. The molecule has 0 atom stereocenters. The number of carboxylic acid groups (broad SMARTS) is 2. The molecule has 0 amide bonds. The molecule has 1 fully saturated rings. The number of benzene rings is 2. The minimum Gasteiger partial charge on any atom is -0.545 e. The first-order valence-corrected chi connectivity index (χ1v) is 8.00. The summed E-state index contributed by atoms with van der Waals surface area (Å²) in [5.41, 5.74) is -0.356. The monoisotopic (exact) mass is 370 g/mol. The maximum atomic E-state index is 10.2. The van der Waals surface area contributed by atoms with Crippen LogP contribution in [0.1, 0.15) is 33.6 Å². The summed E-state index contributed by atoms with van der Waals surface area (Å²) in [5, 5.41) is 38.0. The number of aromatic carboxylic acids is 2. The fourth-order valence-corrected chi connectivity index (χ4v) is 2.17. The van der Waals surface area contributed by atoms with Crippen LogP contribution < -0.4 is 10.2 Å². The molecule has 0 aromatic heterocycles. The quantitative estimate of drug-likeness (QED) is 0.704. The van der Waals surface area contributed by atoms with E-state index in [1.165, 1.54) is 62.3 Å². The van der Waals surface area contributed by atoms with Crippen molar-refractivity contribution in [2.24, 2.45) is 0 Å². The molecular weight excluding hydrogens is 349 g/mol. The number of hydrogen-bond donors (Lipinski definition) is 2. The number of carboxylic acids is 2. The number of rotatable bonds is 2. The molecule has 1 heterocycles. The van der Waals surface area contributed by atoms with E-state index in [-0.39, 0.29) is 31.0 Å². The SMILES string of the molecule is CN1CCCC1.O=C([O-])c1ccccc1O.O=C([O-])c1ccccc1O.[B+2]. The Kier molecular flexibility index (Phi) is 11.0. The molecule has 27 heavy (non-hydrogen) atoms. The van der Waals surface area contributed by atoms with Gasteiger partial charge < -0.3 is 34.9 Å². The minimum atomic E-state index is -1.36. The smallest absolute Gasteiger partial charge is 0.545 e. The normalized spacial score (nSPS) is 12.5. The Hall–Kier alpha value is -3.00. The summed E-state index contributed by atoms with van der Waals surface area (Å²) in [6.07, 6.45) is 2.83. The van der Waals surface area contributed by atoms with Gasteiger partial charge in [0.15, 0.2) is 0 Å². The maximum Gasteiger partial charge on any atom is 2.00 e. The average Bonchev–Trinajstić information content (AvgIpc) is 3.07. The first-order chi connectivity index (χ1) is 12.3. The standard InChI is InChI=1S/2C7H6O3.C5H11N.B/c2*8-6-4-2-1-3-5(6)7(9)10;1-6-4-2-3-5-6;/h2*1-4,8H,(H,9,10);2-5H2,1H3;/q;;;+2/p-2. The fourth-order valence-electron chi connectivity index (χ4n) is 2.17. The van der Waals surface area contributed by atoms with Gasteiger partial charge in [-0.1, -0.05) is 24.3 Å². The largest absolute Gasteiger partial charge is 2.00 e. The number of likely N-dealkylation sites (tertiary alicyclic amines) is 1. The van der Waals surface area contributed by atoms with Gasteiger partial charge in [-0.05, 0) is 57.2 Å². The van der Waals surface area contributed by atoms with E-state index in [0.717, 1.165) is 0 Å². The number of para-hydroxylation sites is 2. The van der Waals surface area contributed by atoms with E-state index >= 15 is 0 Å². The van der Waals surface area contributed by atoms with Gasteiger partial charge in [0.25, 0.3) is 0 Å². The van der Waals surface area contributed by atoms with E-state index in [1.54, 1.807) is 12.1 Å². The number of phenols is 2. The van der Waals surface area contributed by atoms with Crippen LogP contribution >= 0.6 is 0 Å². The zero-order chi connectivity index (χ0) is 19.5. The van der Waals surface area contributed by atoms with E-state index in [1.807, 2.05) is 0 Å². The van der Waals surface area contributed by atoms with Crippen molar-refractivity contribution in [2.45, 2.75) is 12.8 Å². The Morgan fingerprint density at radius 1 is 0.815 bits per heavy atom. The predicted octanol–water partition coefficient (Wildman–Crippen LogP) is -0.157. The summed E-state index contributed by atoms with van der Waals surface area (Å²) in [4.78, 5) is 22.7. The fraction of sp³-hybridized carbons (Fsp3) is 0.263. The van der Waals surface area contributed by atoms with Crippen LogP contribution in [0.2, 0.25) is 0 Å². The molecule has 3 rings (SSSR count). The topological polar surface area (TPSA) is 124 Å². The van der Waals surface area contributed by atoms with Gasteiger partial charge in [0.05, 0.1) is 11.9 Å². The second-order valence-corrected chi connectivity index (χ2v) is 5.62. The van der Waals surface area contributed by atoms with Crippen LogP contribution in [0.5, 0.6) is 11.5 Å². The van der Waals surface area contributed by atoms with Gasteiger partial charge in [-0.3, -0.25) is 0 Å². The molecule has 0 spiro atoms. The Morgan fingerprint density at radius 2 is 1.15 bits per heavy atom. The van der Waals surface area contributed by atoms with Crippen LogP contribution in [0.25, 0.3) is 0 Å². The number of nitrogens with zero attached hydrogens (tertiary/aromatic N) is 1. The van der Waals surface area contributed by atoms with E-state index < -0.39 is 11.9 Å². The van der Waals surface area contributed by atoms with Gasteiger partial charge in [-0.25, -0.2) is 0 Å². The second-order valence-electron chi connectivity index (χ2n) is 5.62. The molecule has 2 aromatic carbocycles. The molecule has 0 saturated carbocycles. The van der Waals surface area contributed by atoms with E-state index in [0.29, 0.717) is 0 Å². The average molecular weight is 370 g/mol. The molecule has 0 bridgehead atoms. The number of carbonyl (C=O) groups excluding carboxylic acids is 2. The van der Waals surface area contributed by atoms with Crippen molar-refractivity contribution in [1.29, 1.82) is 0 Å². The van der Waals surface area contributed by atoms with Crippen molar-refractivity contribution in [3.63, 3.8) is 0 Å². The molecule has 2 aromatic rings. The van der Waals surface area contributed by atoms with Gasteiger partial charge in [-0.2, -0.15) is 0 Å². The Labute approximate surface area is 160 Å². The van der Waals surface area contributed by atoms with Crippen molar-refractivity contribution < 1.29 is 30.0 Å². The molecule has 8 heteroatoms. The van der Waals surface area contributed by atoms with Crippen molar-refractivity contribution in [1.82, 2.24) is 4.90 Å². The van der Waals surface area contributed by atoms with Crippen molar-refractivity contribution >= 4 is 20.4 Å². The first-order valence-electron chi connectivity index (χ1n) is 8.00. The van der Waals surface area contributed by atoms with Gasteiger partial charge in [0.2, 0.25) is 0 Å². The molecule has 141 valence electrons. The van der Waals surface area contributed by atoms with Gasteiger partial charge in [-0.15, -0.1) is 0 Å². The Balaban J connectivity index is 0.000000380. The molecule has 1 radical (unpaired) electrons. The molecule has 2 N–H and O–H groups in total. The summed E-state index contributed by atoms with van der Waals surface area (Å²) in [5.74, 6) is -3.25. The predicted molar refractivity (Wildman–Crippen MR) is 97.4 cm³/mol. The molecular formula is C19H21BNO6. The van der Waals surface area contributed by atoms with Crippen LogP contribution in [0, 0.1) is 0 Å². The number of aromatic hydroxyl groups is 2. The third kappa shape index (κ3) is 8.78. The Bertz CT molecular complexity index is 676. The van der Waals surface area contributed by atoms with Crippen LogP contribution in [0.4, 0.5) is 0 Å². The third-order valence-corrected chi connectivity index (χ3v) is 3.58. The molecule has 0 unspecified atom stereocenters. The van der Waals surface area contributed by atoms with Crippen LogP contribution in [0.3, 0.4) is 0 Å². The molecule has 1 saturated heterocycles. The summed E-state index contributed by atoms with van der Waals surface area (Å²) in [6.45, 7) is 2.64. The zero-order valence-electron chi connectivity index (χ0n) is 15.0. The molecule has 1 aliphatic rings. The molecule has 0 aliphatic carbocycles. The van der Waals surface area contributed by atoms with Gasteiger partial charge in [0, 0.05) is 11.1 Å². The molecule has 7 nitrogen and oxygen atoms in total. The van der Waals surface area contributed by atoms with Crippen molar-refractivity contribution in [3.8, 4) is 11.5 Å². The maximum absolute atomic E-state index is 10.2. The van der Waals surface area contributed by atoms with E-state index in [9.17, 15) is 19.8 Å². The summed E-state index contributed by atoms with van der Waals surface area (Å²) < 4.78 is 0. The second kappa shape index (κ2) is 12.4. The number of hydrogen-bond acceptors (Lipinski definition) is 7. The van der Waals surface area contributed by atoms with Gasteiger partial charge >= 0.3 is 8.41 Å². The summed E-state index contributed by atoms with van der Waals surface area (Å²) >= 11 is 0. The van der Waals surface area contributed by atoms with Gasteiger partial charge in [0.1, 0.15) is 11.5 Å². The Morgan fingerprint density at radius 3 is 1.33 bits per heavy atom. The van der Waals surface area contributed by atoms with Crippen molar-refractivity contribution in [3.05, 3.63) is 59.7 Å².